The summed E-state index contributed by atoms with van der Waals surface area (Å²) in [7, 11) is 0. The molecule has 0 spiro atoms. The fraction of sp³-hybridized carbons (Fsp3) is 0.0769. The molecule has 7 rings (SSSR count). The van der Waals surface area contributed by atoms with Gasteiger partial charge >= 0.3 is 0 Å². The van der Waals surface area contributed by atoms with Crippen molar-refractivity contribution >= 4 is 85.9 Å². The van der Waals surface area contributed by atoms with E-state index in [4.69, 9.17) is 0 Å². The summed E-state index contributed by atoms with van der Waals surface area (Å²) in [6.07, 6.45) is 0. The summed E-state index contributed by atoms with van der Waals surface area (Å²) in [5, 5.41) is 13.9. The summed E-state index contributed by atoms with van der Waals surface area (Å²) in [4.78, 5) is 2.76. The van der Waals surface area contributed by atoms with Gasteiger partial charge in [-0.1, -0.05) is 36.4 Å². The van der Waals surface area contributed by atoms with Crippen LogP contribution in [0, 0.1) is 13.8 Å². The fourth-order valence-electron chi connectivity index (χ4n) is 5.08. The molecule has 0 saturated carbocycles. The van der Waals surface area contributed by atoms with Crippen LogP contribution in [0.1, 0.15) is 9.75 Å². The minimum Gasteiger partial charge on any atom is -0.140 e. The second-order valence-electron chi connectivity index (χ2n) is 7.86. The minimum atomic E-state index is 1.37. The highest BCUT2D eigenvalue weighted by Crippen LogP contribution is 2.47. The van der Waals surface area contributed by atoms with Gasteiger partial charge in [0.2, 0.25) is 0 Å². The van der Waals surface area contributed by atoms with Crippen molar-refractivity contribution < 1.29 is 0 Å². The molecule has 2 aromatic heterocycles. The Labute approximate surface area is 170 Å². The highest BCUT2D eigenvalue weighted by Gasteiger charge is 2.18. The number of aryl methyl sites for hydroxylation is 2. The number of fused-ring (bicyclic) bond motifs is 7. The first-order valence-corrected chi connectivity index (χ1v) is 11.2. The predicted molar refractivity (Wildman–Crippen MR) is 128 cm³/mol. The van der Waals surface area contributed by atoms with Crippen LogP contribution in [0.15, 0.2) is 60.7 Å². The average Bonchev–Trinajstić information content (AvgIpc) is 3.26. The molecule has 5 aromatic carbocycles. The molecule has 2 heteroatoms. The third kappa shape index (κ3) is 1.76. The Morgan fingerprint density at radius 2 is 0.964 bits per heavy atom. The molecular weight excluding hydrogens is 376 g/mol. The van der Waals surface area contributed by atoms with E-state index < -0.39 is 0 Å². The molecule has 0 N–H and O–H groups in total. The molecule has 0 atom stereocenters. The zero-order chi connectivity index (χ0) is 18.6. The Morgan fingerprint density at radius 1 is 0.500 bits per heavy atom. The number of rotatable bonds is 0. The Kier molecular flexibility index (Phi) is 2.74. The zero-order valence-corrected chi connectivity index (χ0v) is 17.2. The fourth-order valence-corrected chi connectivity index (χ4v) is 7.12. The topological polar surface area (TPSA) is 0 Å². The Bertz CT molecular complexity index is 1600. The second kappa shape index (κ2) is 5.02. The molecule has 0 amide bonds. The van der Waals surface area contributed by atoms with Crippen LogP contribution >= 0.6 is 22.7 Å². The first-order valence-electron chi connectivity index (χ1n) is 9.61. The van der Waals surface area contributed by atoms with Crippen LogP contribution < -0.4 is 0 Å². The normalized spacial score (nSPS) is 12.6. The smallest absolute Gasteiger partial charge is 0.0424 e. The summed E-state index contributed by atoms with van der Waals surface area (Å²) >= 11 is 3.84. The number of thiophene rings is 2. The molecule has 0 aliphatic rings. The van der Waals surface area contributed by atoms with E-state index in [1.165, 1.54) is 73.0 Å². The predicted octanol–water partition coefficient (Wildman–Crippen LogP) is 8.78. The molecule has 132 valence electrons. The molecule has 0 fully saturated rings. The van der Waals surface area contributed by atoms with Crippen LogP contribution in [0.25, 0.3) is 63.3 Å². The van der Waals surface area contributed by atoms with E-state index in [1.54, 1.807) is 0 Å². The van der Waals surface area contributed by atoms with Gasteiger partial charge in [0.1, 0.15) is 0 Å². The van der Waals surface area contributed by atoms with Crippen molar-refractivity contribution in [1.82, 2.24) is 0 Å². The average molecular weight is 393 g/mol. The van der Waals surface area contributed by atoms with Crippen molar-refractivity contribution in [3.05, 3.63) is 70.4 Å². The standard InChI is InChI=1S/C26H16S2/c1-13-9-15-11-21-17-5-3-4-6-18(17)22-12-16-10-14(2)28-26(16)20-8-7-19(25(15)27-13)23(21)24(20)22/h3-12H,1-2H3. The monoisotopic (exact) mass is 392 g/mol. The SMILES string of the molecule is Cc1cc2cc3c4ccccc4c4cc5cc(C)sc5c5ccc(c2s1)c3c45. The highest BCUT2D eigenvalue weighted by atomic mass is 32.1. The molecule has 0 unspecified atom stereocenters. The third-order valence-corrected chi connectivity index (χ3v) is 8.31. The van der Waals surface area contributed by atoms with E-state index in [-0.39, 0.29) is 0 Å². The lowest BCUT2D eigenvalue weighted by Gasteiger charge is -2.16. The third-order valence-electron chi connectivity index (χ3n) is 6.11. The number of hydrogen-bond donors (Lipinski definition) is 0. The van der Waals surface area contributed by atoms with Crippen LogP contribution in [0.3, 0.4) is 0 Å². The molecule has 0 radical (unpaired) electrons. The van der Waals surface area contributed by atoms with Crippen LogP contribution in [-0.2, 0) is 0 Å². The Balaban J connectivity index is 1.94. The molecule has 0 aliphatic carbocycles. The summed E-state index contributed by atoms with van der Waals surface area (Å²) in [5.41, 5.74) is 0. The lowest BCUT2D eigenvalue weighted by Crippen LogP contribution is -1.87. The van der Waals surface area contributed by atoms with Gasteiger partial charge in [-0.25, -0.2) is 0 Å². The van der Waals surface area contributed by atoms with Gasteiger partial charge in [0.15, 0.2) is 0 Å². The maximum Gasteiger partial charge on any atom is 0.0424 e. The highest BCUT2D eigenvalue weighted by molar-refractivity contribution is 7.20. The van der Waals surface area contributed by atoms with Gasteiger partial charge in [-0.15, -0.1) is 22.7 Å². The van der Waals surface area contributed by atoms with Crippen LogP contribution in [0.4, 0.5) is 0 Å². The molecule has 0 bridgehead atoms. The van der Waals surface area contributed by atoms with E-state index in [0.29, 0.717) is 0 Å². The molecule has 7 aromatic rings. The summed E-state index contributed by atoms with van der Waals surface area (Å²) in [6.45, 7) is 4.43. The molecule has 2 heterocycles. The van der Waals surface area contributed by atoms with Crippen molar-refractivity contribution in [1.29, 1.82) is 0 Å². The largest absolute Gasteiger partial charge is 0.140 e. The maximum atomic E-state index is 2.42. The van der Waals surface area contributed by atoms with E-state index in [2.05, 4.69) is 74.5 Å². The lowest BCUT2D eigenvalue weighted by atomic mass is 9.88. The molecule has 0 saturated heterocycles. The minimum absolute atomic E-state index is 1.37. The van der Waals surface area contributed by atoms with Gasteiger partial charge in [0.25, 0.3) is 0 Å². The Morgan fingerprint density at radius 3 is 1.43 bits per heavy atom. The second-order valence-corrected chi connectivity index (χ2v) is 10.4. The van der Waals surface area contributed by atoms with Crippen molar-refractivity contribution in [2.45, 2.75) is 13.8 Å². The molecule has 0 aliphatic heterocycles. The van der Waals surface area contributed by atoms with Crippen molar-refractivity contribution in [2.75, 3.05) is 0 Å². The maximum absolute atomic E-state index is 2.42. The first kappa shape index (κ1) is 15.3. The molecule has 0 nitrogen and oxygen atoms in total. The van der Waals surface area contributed by atoms with Gasteiger partial charge in [-0.3, -0.25) is 0 Å². The van der Waals surface area contributed by atoms with E-state index >= 15 is 0 Å². The summed E-state index contributed by atoms with van der Waals surface area (Å²) in [6, 6.07) is 23.2. The van der Waals surface area contributed by atoms with Gasteiger partial charge in [0, 0.05) is 29.9 Å². The van der Waals surface area contributed by atoms with Crippen LogP contribution in [-0.4, -0.2) is 0 Å². The molecular formula is C26H16S2. The van der Waals surface area contributed by atoms with Crippen molar-refractivity contribution in [2.24, 2.45) is 0 Å². The van der Waals surface area contributed by atoms with Crippen LogP contribution in [0.2, 0.25) is 0 Å². The quantitative estimate of drug-likeness (QED) is 0.179. The van der Waals surface area contributed by atoms with E-state index in [1.807, 2.05) is 22.7 Å². The summed E-state index contributed by atoms with van der Waals surface area (Å²) < 4.78 is 2.84. The van der Waals surface area contributed by atoms with Gasteiger partial charge < -0.3 is 0 Å². The number of hydrogen-bond acceptors (Lipinski definition) is 2. The van der Waals surface area contributed by atoms with Gasteiger partial charge in [0.05, 0.1) is 0 Å². The van der Waals surface area contributed by atoms with E-state index in [9.17, 15) is 0 Å². The molecule has 28 heavy (non-hydrogen) atoms. The van der Waals surface area contributed by atoms with Crippen LogP contribution in [0.5, 0.6) is 0 Å². The first-order chi connectivity index (χ1) is 13.7. The summed E-state index contributed by atoms with van der Waals surface area (Å²) in [5.74, 6) is 0. The van der Waals surface area contributed by atoms with Crippen molar-refractivity contribution in [3.8, 4) is 0 Å². The van der Waals surface area contributed by atoms with Gasteiger partial charge in [-0.2, -0.15) is 0 Å². The Hall–Kier alpha value is -2.68. The van der Waals surface area contributed by atoms with E-state index in [0.717, 1.165) is 0 Å². The van der Waals surface area contributed by atoms with Gasteiger partial charge in [-0.05, 0) is 81.2 Å². The zero-order valence-electron chi connectivity index (χ0n) is 15.6. The van der Waals surface area contributed by atoms with Crippen molar-refractivity contribution in [3.63, 3.8) is 0 Å². The lowest BCUT2D eigenvalue weighted by molar-refractivity contribution is 1.66. The number of benzene rings is 5.